The summed E-state index contributed by atoms with van der Waals surface area (Å²) >= 11 is 6.00. The maximum Gasteiger partial charge on any atom is 0.299 e. The molecule has 0 saturated heterocycles. The standard InChI is InChI=1S/C22H15ClN6O2/c1-13-18(14-7-9-16(23)10-8-14)20-25-24-19-17(29(20)26-13)11-12-28(22(19)31)27-21(30)15-5-3-2-4-6-15/h2-12H,1H3,(H,27,30). The molecule has 0 radical (unpaired) electrons. The fourth-order valence-corrected chi connectivity index (χ4v) is 3.59. The van der Waals surface area contributed by atoms with Crippen molar-refractivity contribution in [1.82, 2.24) is 24.5 Å². The molecule has 0 unspecified atom stereocenters. The number of fused-ring (bicyclic) bond motifs is 3. The Labute approximate surface area is 180 Å². The highest BCUT2D eigenvalue weighted by molar-refractivity contribution is 6.30. The van der Waals surface area contributed by atoms with Crippen molar-refractivity contribution in [3.8, 4) is 11.1 Å². The number of aromatic nitrogens is 5. The molecule has 3 aromatic heterocycles. The zero-order valence-corrected chi connectivity index (χ0v) is 17.0. The van der Waals surface area contributed by atoms with Crippen molar-refractivity contribution in [3.05, 3.63) is 93.5 Å². The Hall–Kier alpha value is -4.04. The minimum atomic E-state index is -0.502. The summed E-state index contributed by atoms with van der Waals surface area (Å²) in [4.78, 5) is 25.3. The number of rotatable bonds is 3. The molecule has 5 rings (SSSR count). The lowest BCUT2D eigenvalue weighted by atomic mass is 10.1. The van der Waals surface area contributed by atoms with Gasteiger partial charge in [0, 0.05) is 16.8 Å². The van der Waals surface area contributed by atoms with Gasteiger partial charge in [-0.3, -0.25) is 15.0 Å². The van der Waals surface area contributed by atoms with E-state index >= 15 is 0 Å². The molecule has 0 fully saturated rings. The first-order chi connectivity index (χ1) is 15.0. The SMILES string of the molecule is Cc1nn2c(nnc3c(=O)n(NC(=O)c4ccccc4)ccc32)c1-c1ccc(Cl)cc1. The lowest BCUT2D eigenvalue weighted by molar-refractivity contribution is 0.101. The molecule has 0 aliphatic heterocycles. The number of nitrogens with zero attached hydrogens (tertiary/aromatic N) is 5. The molecule has 1 amide bonds. The Morgan fingerprint density at radius 1 is 1.00 bits per heavy atom. The third-order valence-electron chi connectivity index (χ3n) is 4.95. The first-order valence-electron chi connectivity index (χ1n) is 9.42. The summed E-state index contributed by atoms with van der Waals surface area (Å²) in [6.45, 7) is 1.87. The predicted octanol–water partition coefficient (Wildman–Crippen LogP) is 3.45. The Kier molecular flexibility index (Phi) is 4.48. The smallest absolute Gasteiger partial charge is 0.267 e. The Morgan fingerprint density at radius 2 is 1.74 bits per heavy atom. The molecule has 0 saturated carbocycles. The number of halogens is 1. The van der Waals surface area contributed by atoms with E-state index in [9.17, 15) is 9.59 Å². The van der Waals surface area contributed by atoms with Gasteiger partial charge in [0.25, 0.3) is 11.5 Å². The van der Waals surface area contributed by atoms with Crippen LogP contribution in [0.15, 0.2) is 71.7 Å². The third-order valence-corrected chi connectivity index (χ3v) is 5.20. The molecule has 2 aromatic carbocycles. The molecule has 0 spiro atoms. The van der Waals surface area contributed by atoms with Crippen LogP contribution >= 0.6 is 11.6 Å². The van der Waals surface area contributed by atoms with Gasteiger partial charge in [-0.05, 0) is 42.8 Å². The van der Waals surface area contributed by atoms with E-state index in [1.807, 2.05) is 25.1 Å². The van der Waals surface area contributed by atoms with Gasteiger partial charge in [-0.1, -0.05) is 41.9 Å². The Balaban J connectivity index is 1.61. The van der Waals surface area contributed by atoms with E-state index in [4.69, 9.17) is 11.6 Å². The number of hydrogen-bond donors (Lipinski definition) is 1. The van der Waals surface area contributed by atoms with Crippen molar-refractivity contribution in [2.24, 2.45) is 0 Å². The highest BCUT2D eigenvalue weighted by Gasteiger charge is 2.18. The lowest BCUT2D eigenvalue weighted by Crippen LogP contribution is -2.33. The number of carbonyl (C=O) groups is 1. The van der Waals surface area contributed by atoms with Crippen LogP contribution in [0, 0.1) is 6.92 Å². The van der Waals surface area contributed by atoms with Gasteiger partial charge in [-0.25, -0.2) is 9.19 Å². The van der Waals surface area contributed by atoms with Crippen LogP contribution in [0.4, 0.5) is 0 Å². The number of amides is 1. The second-order valence-electron chi connectivity index (χ2n) is 6.93. The number of nitrogens with one attached hydrogen (secondary N) is 1. The van der Waals surface area contributed by atoms with Crippen LogP contribution in [0.5, 0.6) is 0 Å². The maximum absolute atomic E-state index is 12.9. The molecule has 0 atom stereocenters. The van der Waals surface area contributed by atoms with Crippen molar-refractivity contribution in [3.63, 3.8) is 0 Å². The van der Waals surface area contributed by atoms with Crippen LogP contribution in [-0.2, 0) is 0 Å². The van der Waals surface area contributed by atoms with Gasteiger partial charge in [0.15, 0.2) is 11.2 Å². The minimum absolute atomic E-state index is 0.0912. The van der Waals surface area contributed by atoms with Gasteiger partial charge in [0.2, 0.25) is 0 Å². The molecular weight excluding hydrogens is 416 g/mol. The number of carbonyl (C=O) groups excluding carboxylic acids is 1. The Bertz CT molecular complexity index is 1510. The largest absolute Gasteiger partial charge is 0.299 e. The fourth-order valence-electron chi connectivity index (χ4n) is 3.46. The van der Waals surface area contributed by atoms with Gasteiger partial charge in [-0.2, -0.15) is 5.10 Å². The second kappa shape index (κ2) is 7.33. The number of aryl methyl sites for hydroxylation is 1. The zero-order chi connectivity index (χ0) is 21.5. The summed E-state index contributed by atoms with van der Waals surface area (Å²) in [5.41, 5.74) is 6.06. The quantitative estimate of drug-likeness (QED) is 0.473. The maximum atomic E-state index is 12.9. The lowest BCUT2D eigenvalue weighted by Gasteiger charge is -2.09. The Morgan fingerprint density at radius 3 is 2.48 bits per heavy atom. The van der Waals surface area contributed by atoms with Gasteiger partial charge in [-0.15, -0.1) is 10.2 Å². The molecule has 31 heavy (non-hydrogen) atoms. The van der Waals surface area contributed by atoms with Crippen LogP contribution in [-0.4, -0.2) is 30.4 Å². The average Bonchev–Trinajstić information content (AvgIpc) is 3.13. The molecule has 9 heteroatoms. The zero-order valence-electron chi connectivity index (χ0n) is 16.3. The van der Waals surface area contributed by atoms with E-state index in [0.29, 0.717) is 21.7 Å². The minimum Gasteiger partial charge on any atom is -0.267 e. The molecule has 152 valence electrons. The summed E-state index contributed by atoms with van der Waals surface area (Å²) < 4.78 is 2.68. The topological polar surface area (TPSA) is 94.2 Å². The van der Waals surface area contributed by atoms with E-state index in [-0.39, 0.29) is 5.52 Å². The van der Waals surface area contributed by atoms with Crippen LogP contribution in [0.1, 0.15) is 16.1 Å². The molecule has 0 bridgehead atoms. The predicted molar refractivity (Wildman–Crippen MR) is 118 cm³/mol. The summed E-state index contributed by atoms with van der Waals surface area (Å²) in [7, 11) is 0. The molecule has 8 nitrogen and oxygen atoms in total. The van der Waals surface area contributed by atoms with Gasteiger partial charge >= 0.3 is 0 Å². The van der Waals surface area contributed by atoms with Crippen LogP contribution < -0.4 is 11.0 Å². The average molecular weight is 431 g/mol. The van der Waals surface area contributed by atoms with Crippen LogP contribution in [0.25, 0.3) is 27.8 Å². The van der Waals surface area contributed by atoms with E-state index in [1.165, 1.54) is 6.20 Å². The second-order valence-corrected chi connectivity index (χ2v) is 7.37. The van der Waals surface area contributed by atoms with E-state index in [2.05, 4.69) is 20.7 Å². The van der Waals surface area contributed by atoms with Crippen LogP contribution in [0.2, 0.25) is 5.02 Å². The monoisotopic (exact) mass is 430 g/mol. The van der Waals surface area contributed by atoms with Crippen molar-refractivity contribution in [2.75, 3.05) is 5.43 Å². The van der Waals surface area contributed by atoms with Crippen molar-refractivity contribution in [2.45, 2.75) is 6.92 Å². The molecule has 0 aliphatic rings. The highest BCUT2D eigenvalue weighted by Crippen LogP contribution is 2.28. The molecule has 1 N–H and O–H groups in total. The number of pyridine rings is 1. The van der Waals surface area contributed by atoms with E-state index < -0.39 is 11.5 Å². The van der Waals surface area contributed by atoms with E-state index in [1.54, 1.807) is 47.0 Å². The van der Waals surface area contributed by atoms with Gasteiger partial charge in [0.05, 0.1) is 11.3 Å². The highest BCUT2D eigenvalue weighted by atomic mass is 35.5. The van der Waals surface area contributed by atoms with Crippen LogP contribution in [0.3, 0.4) is 0 Å². The van der Waals surface area contributed by atoms with Crippen molar-refractivity contribution in [1.29, 1.82) is 0 Å². The summed E-state index contributed by atoms with van der Waals surface area (Å²) in [5, 5.41) is 13.6. The van der Waals surface area contributed by atoms with E-state index in [0.717, 1.165) is 21.5 Å². The van der Waals surface area contributed by atoms with Gasteiger partial charge < -0.3 is 0 Å². The normalized spacial score (nSPS) is 11.2. The summed E-state index contributed by atoms with van der Waals surface area (Å²) in [6, 6.07) is 17.7. The fraction of sp³-hybridized carbons (Fsp3) is 0.0455. The first-order valence-corrected chi connectivity index (χ1v) is 9.80. The first kappa shape index (κ1) is 19.0. The summed E-state index contributed by atoms with van der Waals surface area (Å²) in [5.74, 6) is -0.406. The molecule has 0 aliphatic carbocycles. The number of benzene rings is 2. The van der Waals surface area contributed by atoms with Crippen molar-refractivity contribution >= 4 is 34.2 Å². The number of hydrogen-bond acceptors (Lipinski definition) is 5. The molecule has 5 aromatic rings. The summed E-state index contributed by atoms with van der Waals surface area (Å²) in [6.07, 6.45) is 1.48. The third kappa shape index (κ3) is 3.23. The molecule has 3 heterocycles. The molecular formula is C22H15ClN6O2. The van der Waals surface area contributed by atoms with Gasteiger partial charge in [0.1, 0.15) is 5.52 Å². The van der Waals surface area contributed by atoms with Crippen molar-refractivity contribution < 1.29 is 4.79 Å².